The fourth-order valence-corrected chi connectivity index (χ4v) is 5.48. The lowest BCUT2D eigenvalue weighted by Crippen LogP contribution is -2.51. The number of rotatable bonds is 5. The summed E-state index contributed by atoms with van der Waals surface area (Å²) < 4.78 is 55.6. The van der Waals surface area contributed by atoms with E-state index >= 15 is 0 Å². The van der Waals surface area contributed by atoms with Crippen molar-refractivity contribution in [1.29, 1.82) is 0 Å². The number of hydrogen-bond donors (Lipinski definition) is 0. The summed E-state index contributed by atoms with van der Waals surface area (Å²) in [5, 5.41) is 4.57. The Morgan fingerprint density at radius 1 is 1.00 bits per heavy atom. The number of aromatic nitrogens is 2. The molecule has 10 heteroatoms. The highest BCUT2D eigenvalue weighted by atomic mass is 32.2. The second-order valence-electron chi connectivity index (χ2n) is 7.93. The summed E-state index contributed by atoms with van der Waals surface area (Å²) in [6, 6.07) is 12.0. The number of halogens is 2. The summed E-state index contributed by atoms with van der Waals surface area (Å²) in [4.78, 5) is 14.0. The van der Waals surface area contributed by atoms with Gasteiger partial charge in [0.25, 0.3) is 0 Å². The van der Waals surface area contributed by atoms with Crippen molar-refractivity contribution in [1.82, 2.24) is 19.0 Å². The fourth-order valence-electron chi connectivity index (χ4n) is 4.02. The predicted octanol–water partition coefficient (Wildman–Crippen LogP) is 2.84. The van der Waals surface area contributed by atoms with E-state index in [1.807, 2.05) is 44.2 Å². The topological polar surface area (TPSA) is 75.5 Å². The number of nitrogens with zero attached hydrogens (tertiary/aromatic N) is 4. The third kappa shape index (κ3) is 4.53. The van der Waals surface area contributed by atoms with Gasteiger partial charge >= 0.3 is 0 Å². The fraction of sp³-hybridized carbons (Fsp3) is 0.304. The van der Waals surface area contributed by atoms with Gasteiger partial charge in [0.05, 0.1) is 17.8 Å². The van der Waals surface area contributed by atoms with Crippen molar-refractivity contribution in [3.63, 3.8) is 0 Å². The molecule has 7 nitrogen and oxygen atoms in total. The summed E-state index contributed by atoms with van der Waals surface area (Å²) in [5.74, 6) is -2.10. The van der Waals surface area contributed by atoms with Gasteiger partial charge in [0, 0.05) is 43.5 Å². The van der Waals surface area contributed by atoms with Crippen molar-refractivity contribution in [2.75, 3.05) is 26.2 Å². The van der Waals surface area contributed by atoms with E-state index < -0.39 is 26.6 Å². The summed E-state index contributed by atoms with van der Waals surface area (Å²) >= 11 is 0. The van der Waals surface area contributed by atoms with Crippen LogP contribution in [0.15, 0.2) is 53.4 Å². The van der Waals surface area contributed by atoms with E-state index in [0.29, 0.717) is 6.07 Å². The minimum atomic E-state index is -4.12. The molecular formula is C23H24F2N4O3S. The van der Waals surface area contributed by atoms with Gasteiger partial charge in [0.2, 0.25) is 15.9 Å². The highest BCUT2D eigenvalue weighted by molar-refractivity contribution is 7.89. The molecule has 0 aliphatic carbocycles. The molecule has 1 aliphatic heterocycles. The molecule has 2 aromatic carbocycles. The molecule has 0 saturated carbocycles. The molecule has 2 heterocycles. The molecule has 1 aromatic heterocycles. The Labute approximate surface area is 191 Å². The predicted molar refractivity (Wildman–Crippen MR) is 118 cm³/mol. The Hall–Kier alpha value is -3.11. The molecule has 1 amide bonds. The minimum absolute atomic E-state index is 0.0339. The van der Waals surface area contributed by atoms with Crippen LogP contribution in [0.2, 0.25) is 0 Å². The smallest absolute Gasteiger partial charge is 0.246 e. The molecule has 0 N–H and O–H groups in total. The first-order valence-electron chi connectivity index (χ1n) is 10.5. The standard InChI is InChI=1S/C23H24F2N4O3S/c1-16-20(17(2)29(26-16)19-6-4-3-5-7-19)15-23(30)27-10-12-28(13-11-27)33(31,32)22-9-8-18(24)14-21(22)25/h3-9,14H,10-13,15H2,1-2H3. The van der Waals surface area contributed by atoms with Crippen molar-refractivity contribution in [2.45, 2.75) is 25.2 Å². The number of hydrogen-bond acceptors (Lipinski definition) is 4. The summed E-state index contributed by atoms with van der Waals surface area (Å²) in [6.45, 7) is 4.21. The van der Waals surface area contributed by atoms with Gasteiger partial charge in [-0.1, -0.05) is 18.2 Å². The van der Waals surface area contributed by atoms with Crippen LogP contribution in [0.1, 0.15) is 17.0 Å². The number of sulfonamides is 1. The van der Waals surface area contributed by atoms with Gasteiger partial charge < -0.3 is 4.90 Å². The molecule has 4 rings (SSSR count). The van der Waals surface area contributed by atoms with Crippen LogP contribution >= 0.6 is 0 Å². The van der Waals surface area contributed by atoms with E-state index in [4.69, 9.17) is 0 Å². The van der Waals surface area contributed by atoms with Crippen LogP contribution in [0.4, 0.5) is 8.78 Å². The van der Waals surface area contributed by atoms with E-state index in [2.05, 4.69) is 5.10 Å². The molecule has 33 heavy (non-hydrogen) atoms. The van der Waals surface area contributed by atoms with Gasteiger partial charge in [-0.2, -0.15) is 9.40 Å². The van der Waals surface area contributed by atoms with Gasteiger partial charge in [-0.15, -0.1) is 0 Å². The number of aryl methyl sites for hydroxylation is 1. The van der Waals surface area contributed by atoms with Gasteiger partial charge in [0.15, 0.2) is 0 Å². The molecule has 1 saturated heterocycles. The van der Waals surface area contributed by atoms with E-state index in [0.717, 1.165) is 39.1 Å². The van der Waals surface area contributed by atoms with Crippen LogP contribution in [0.5, 0.6) is 0 Å². The molecule has 0 atom stereocenters. The van der Waals surface area contributed by atoms with E-state index in [-0.39, 0.29) is 38.5 Å². The summed E-state index contributed by atoms with van der Waals surface area (Å²) in [6.07, 6.45) is 0.157. The molecule has 1 fully saturated rings. The lowest BCUT2D eigenvalue weighted by Gasteiger charge is -2.34. The molecule has 174 valence electrons. The Morgan fingerprint density at radius 3 is 2.30 bits per heavy atom. The van der Waals surface area contributed by atoms with Crippen molar-refractivity contribution in [2.24, 2.45) is 0 Å². The zero-order valence-corrected chi connectivity index (χ0v) is 19.1. The molecule has 0 unspecified atom stereocenters. The van der Waals surface area contributed by atoms with Crippen LogP contribution < -0.4 is 0 Å². The highest BCUT2D eigenvalue weighted by Gasteiger charge is 2.32. The number of carbonyl (C=O) groups excluding carboxylic acids is 1. The number of carbonyl (C=O) groups is 1. The first-order chi connectivity index (χ1) is 15.7. The molecule has 0 radical (unpaired) electrons. The van der Waals surface area contributed by atoms with Crippen LogP contribution in [0.3, 0.4) is 0 Å². The second kappa shape index (κ2) is 9.03. The third-order valence-electron chi connectivity index (χ3n) is 5.87. The Kier molecular flexibility index (Phi) is 6.31. The lowest BCUT2D eigenvalue weighted by molar-refractivity contribution is -0.131. The maximum absolute atomic E-state index is 14.0. The average molecular weight is 475 g/mol. The number of para-hydroxylation sites is 1. The zero-order chi connectivity index (χ0) is 23.8. The zero-order valence-electron chi connectivity index (χ0n) is 18.3. The van der Waals surface area contributed by atoms with Crippen molar-refractivity contribution in [3.8, 4) is 5.69 Å². The van der Waals surface area contributed by atoms with Crippen LogP contribution in [-0.4, -0.2) is 59.5 Å². The molecule has 0 bridgehead atoms. The Balaban J connectivity index is 1.44. The van der Waals surface area contributed by atoms with Crippen LogP contribution in [0, 0.1) is 25.5 Å². The van der Waals surface area contributed by atoms with E-state index in [1.54, 1.807) is 9.58 Å². The first kappa shape index (κ1) is 23.1. The highest BCUT2D eigenvalue weighted by Crippen LogP contribution is 2.23. The number of benzene rings is 2. The summed E-state index contributed by atoms with van der Waals surface area (Å²) in [5.41, 5.74) is 3.38. The van der Waals surface area contributed by atoms with E-state index in [1.165, 1.54) is 0 Å². The van der Waals surface area contributed by atoms with Gasteiger partial charge in [-0.25, -0.2) is 21.9 Å². The van der Waals surface area contributed by atoms with Gasteiger partial charge in [-0.3, -0.25) is 4.79 Å². The maximum atomic E-state index is 14.0. The third-order valence-corrected chi connectivity index (χ3v) is 7.80. The van der Waals surface area contributed by atoms with Gasteiger partial charge in [-0.05, 0) is 38.1 Å². The Bertz CT molecular complexity index is 1280. The van der Waals surface area contributed by atoms with Crippen molar-refractivity contribution >= 4 is 15.9 Å². The summed E-state index contributed by atoms with van der Waals surface area (Å²) in [7, 11) is -4.12. The number of piperazine rings is 1. The molecular weight excluding hydrogens is 450 g/mol. The minimum Gasteiger partial charge on any atom is -0.340 e. The van der Waals surface area contributed by atoms with Crippen molar-refractivity contribution in [3.05, 3.63) is 77.1 Å². The molecule has 3 aromatic rings. The van der Waals surface area contributed by atoms with E-state index in [9.17, 15) is 22.0 Å². The van der Waals surface area contributed by atoms with Crippen molar-refractivity contribution < 1.29 is 22.0 Å². The average Bonchev–Trinajstić information content (AvgIpc) is 3.07. The molecule has 1 aliphatic rings. The maximum Gasteiger partial charge on any atom is 0.246 e. The Morgan fingerprint density at radius 2 is 1.67 bits per heavy atom. The quantitative estimate of drug-likeness (QED) is 0.570. The van der Waals surface area contributed by atoms with Crippen LogP contribution in [0.25, 0.3) is 5.69 Å². The van der Waals surface area contributed by atoms with Gasteiger partial charge in [0.1, 0.15) is 16.5 Å². The second-order valence-corrected chi connectivity index (χ2v) is 9.84. The normalized spacial score (nSPS) is 15.1. The largest absolute Gasteiger partial charge is 0.340 e. The first-order valence-corrected chi connectivity index (χ1v) is 12.0. The molecule has 0 spiro atoms. The lowest BCUT2D eigenvalue weighted by atomic mass is 10.1. The monoisotopic (exact) mass is 474 g/mol. The van der Waals surface area contributed by atoms with Crippen LogP contribution in [-0.2, 0) is 21.2 Å². The SMILES string of the molecule is Cc1nn(-c2ccccc2)c(C)c1CC(=O)N1CCN(S(=O)(=O)c2ccc(F)cc2F)CC1. The number of amides is 1.